The first-order valence-corrected chi connectivity index (χ1v) is 15.0. The molecule has 38 heavy (non-hydrogen) atoms. The summed E-state index contributed by atoms with van der Waals surface area (Å²) in [6, 6.07) is 0. The Morgan fingerprint density at radius 2 is 1.89 bits per heavy atom. The van der Waals surface area contributed by atoms with E-state index in [1.165, 1.54) is 56.9 Å². The van der Waals surface area contributed by atoms with Crippen LogP contribution in [0.2, 0.25) is 0 Å². The second-order valence-corrected chi connectivity index (χ2v) is 13.6. The number of hydrogen-bond donors (Lipinski definition) is 2. The second-order valence-electron chi connectivity index (χ2n) is 13.6. The molecule has 8 atom stereocenters. The number of hydrazine groups is 1. The van der Waals surface area contributed by atoms with Crippen molar-refractivity contribution in [3.8, 4) is 0 Å². The van der Waals surface area contributed by atoms with Gasteiger partial charge in [0.05, 0.1) is 0 Å². The number of fused-ring (bicyclic) bond motifs is 5. The molecule has 212 valence electrons. The lowest BCUT2D eigenvalue weighted by molar-refractivity contribution is -0.120. The van der Waals surface area contributed by atoms with E-state index in [1.807, 2.05) is 0 Å². The van der Waals surface area contributed by atoms with Crippen LogP contribution in [-0.2, 0) is 9.53 Å². The third-order valence-corrected chi connectivity index (χ3v) is 11.1. The number of carbonyl (C=O) groups is 2. The lowest BCUT2D eigenvalue weighted by Crippen LogP contribution is -2.51. The SMILES string of the molecule is CC(C)CCC[C@@H](C)[C@H]1CC[C@H]2[C@@H]3CC=C4CC(OC(=O)NNC(=O)CN=[N+]=[N-])CC[C@]4(C)[C@H]3CC[C@]12C. The highest BCUT2D eigenvalue weighted by molar-refractivity contribution is 5.80. The predicted molar refractivity (Wildman–Crippen MR) is 149 cm³/mol. The van der Waals surface area contributed by atoms with Gasteiger partial charge in [0.25, 0.3) is 0 Å². The Bertz CT molecular complexity index is 960. The maximum absolute atomic E-state index is 12.2. The van der Waals surface area contributed by atoms with Gasteiger partial charge in [-0.2, -0.15) is 0 Å². The van der Waals surface area contributed by atoms with Crippen molar-refractivity contribution in [2.45, 2.75) is 111 Å². The van der Waals surface area contributed by atoms with Crippen molar-refractivity contribution in [3.63, 3.8) is 0 Å². The molecule has 0 aromatic heterocycles. The van der Waals surface area contributed by atoms with Crippen molar-refractivity contribution in [1.82, 2.24) is 10.9 Å². The zero-order valence-corrected chi connectivity index (χ0v) is 24.2. The number of carbonyl (C=O) groups excluding carboxylic acids is 2. The fourth-order valence-corrected chi connectivity index (χ4v) is 9.19. The van der Waals surface area contributed by atoms with Gasteiger partial charge in [-0.3, -0.25) is 10.2 Å². The minimum Gasteiger partial charge on any atom is -0.445 e. The van der Waals surface area contributed by atoms with Crippen LogP contribution in [0.25, 0.3) is 10.4 Å². The van der Waals surface area contributed by atoms with Gasteiger partial charge in [-0.1, -0.05) is 70.6 Å². The van der Waals surface area contributed by atoms with Crippen LogP contribution < -0.4 is 10.9 Å². The van der Waals surface area contributed by atoms with E-state index in [9.17, 15) is 9.59 Å². The van der Waals surface area contributed by atoms with Crippen LogP contribution in [0.5, 0.6) is 0 Å². The summed E-state index contributed by atoms with van der Waals surface area (Å²) >= 11 is 0. The minimum absolute atomic E-state index is 0.184. The van der Waals surface area contributed by atoms with E-state index in [0.29, 0.717) is 5.41 Å². The van der Waals surface area contributed by atoms with Gasteiger partial charge in [0.1, 0.15) is 12.6 Å². The highest BCUT2D eigenvalue weighted by Gasteiger charge is 2.59. The largest absolute Gasteiger partial charge is 0.445 e. The van der Waals surface area contributed by atoms with Gasteiger partial charge in [-0.15, -0.1) is 0 Å². The molecule has 8 nitrogen and oxygen atoms in total. The van der Waals surface area contributed by atoms with Crippen LogP contribution in [0.1, 0.15) is 105 Å². The van der Waals surface area contributed by atoms with Crippen LogP contribution in [0.4, 0.5) is 4.79 Å². The number of rotatable bonds is 8. The van der Waals surface area contributed by atoms with E-state index in [1.54, 1.807) is 0 Å². The molecule has 3 fully saturated rings. The number of amides is 2. The Morgan fingerprint density at radius 3 is 2.63 bits per heavy atom. The molecule has 2 N–H and O–H groups in total. The molecule has 0 aromatic rings. The fourth-order valence-electron chi connectivity index (χ4n) is 9.19. The number of ether oxygens (including phenoxy) is 1. The molecule has 8 heteroatoms. The van der Waals surface area contributed by atoms with Crippen molar-refractivity contribution in [1.29, 1.82) is 0 Å². The zero-order valence-electron chi connectivity index (χ0n) is 24.2. The van der Waals surface area contributed by atoms with Gasteiger partial charge in [-0.05, 0) is 96.8 Å². The molecular weight excluding hydrogens is 478 g/mol. The van der Waals surface area contributed by atoms with E-state index < -0.39 is 12.0 Å². The van der Waals surface area contributed by atoms with E-state index in [-0.39, 0.29) is 18.1 Å². The van der Waals surface area contributed by atoms with E-state index in [4.69, 9.17) is 10.3 Å². The molecule has 1 unspecified atom stereocenters. The van der Waals surface area contributed by atoms with Gasteiger partial charge < -0.3 is 4.74 Å². The Labute approximate surface area is 228 Å². The zero-order chi connectivity index (χ0) is 27.5. The highest BCUT2D eigenvalue weighted by Crippen LogP contribution is 2.67. The first kappa shape index (κ1) is 28.8. The summed E-state index contributed by atoms with van der Waals surface area (Å²) in [5, 5.41) is 3.17. The van der Waals surface area contributed by atoms with E-state index >= 15 is 0 Å². The molecule has 0 aromatic carbocycles. The highest BCUT2D eigenvalue weighted by atomic mass is 16.6. The molecule has 0 radical (unpaired) electrons. The van der Waals surface area contributed by atoms with Gasteiger partial charge in [0, 0.05) is 11.3 Å². The Hall–Kier alpha value is -2.21. The summed E-state index contributed by atoms with van der Waals surface area (Å²) in [6.07, 6.45) is 15.1. The van der Waals surface area contributed by atoms with Crippen molar-refractivity contribution < 1.29 is 14.3 Å². The van der Waals surface area contributed by atoms with Crippen LogP contribution in [-0.4, -0.2) is 24.6 Å². The molecule has 0 bridgehead atoms. The third-order valence-electron chi connectivity index (χ3n) is 11.1. The predicted octanol–water partition coefficient (Wildman–Crippen LogP) is 7.46. The maximum Gasteiger partial charge on any atom is 0.426 e. The number of allylic oxidation sites excluding steroid dienone is 1. The molecule has 0 saturated heterocycles. The van der Waals surface area contributed by atoms with Gasteiger partial charge in [-0.25, -0.2) is 10.2 Å². The first-order chi connectivity index (χ1) is 18.1. The van der Waals surface area contributed by atoms with Crippen LogP contribution in [0, 0.1) is 46.3 Å². The molecule has 2 amide bonds. The standard InChI is InChI=1S/C30H49N5O3/c1-19(2)7-6-8-20(3)24-11-12-25-23-10-9-21-17-22(38-28(37)34-33-27(36)18-32-35-31)13-15-29(21,4)26(23)14-16-30(24,25)5/h9,19-20,22-26H,6-8,10-18H2,1-5H3,(H,33,36)(H,34,37)/t20-,22?,23+,24-,25+,26+,29+,30-/m1/s1. The summed E-state index contributed by atoms with van der Waals surface area (Å²) in [4.78, 5) is 26.3. The van der Waals surface area contributed by atoms with E-state index in [0.717, 1.165) is 54.8 Å². The van der Waals surface area contributed by atoms with Gasteiger partial charge in [0.15, 0.2) is 0 Å². The average Bonchev–Trinajstić information content (AvgIpc) is 3.23. The lowest BCUT2D eigenvalue weighted by Gasteiger charge is -2.58. The van der Waals surface area contributed by atoms with Crippen molar-refractivity contribution in [3.05, 3.63) is 22.1 Å². The summed E-state index contributed by atoms with van der Waals surface area (Å²) < 4.78 is 5.64. The van der Waals surface area contributed by atoms with Gasteiger partial charge in [0.2, 0.25) is 5.91 Å². The normalized spacial score (nSPS) is 36.6. The fraction of sp³-hybridized carbons (Fsp3) is 0.867. The van der Waals surface area contributed by atoms with Crippen molar-refractivity contribution in [2.75, 3.05) is 6.54 Å². The average molecular weight is 528 g/mol. The smallest absolute Gasteiger partial charge is 0.426 e. The molecule has 3 saturated carbocycles. The quantitative estimate of drug-likeness (QED) is 0.112. The molecule has 4 aliphatic rings. The summed E-state index contributed by atoms with van der Waals surface area (Å²) in [5.74, 6) is 4.26. The number of azide groups is 1. The minimum atomic E-state index is -0.671. The lowest BCUT2D eigenvalue weighted by atomic mass is 9.47. The number of nitrogens with one attached hydrogen (secondary N) is 2. The third kappa shape index (κ3) is 5.85. The molecule has 0 heterocycles. The number of nitrogens with zero attached hydrogens (tertiary/aromatic N) is 3. The monoisotopic (exact) mass is 527 g/mol. The first-order valence-electron chi connectivity index (χ1n) is 15.0. The Balaban J connectivity index is 1.35. The Morgan fingerprint density at radius 1 is 1.11 bits per heavy atom. The second kappa shape index (κ2) is 11.9. The Kier molecular flexibility index (Phi) is 9.01. The van der Waals surface area contributed by atoms with Gasteiger partial charge >= 0.3 is 6.09 Å². The van der Waals surface area contributed by atoms with E-state index in [2.05, 4.69) is 61.6 Å². The van der Waals surface area contributed by atoms with Crippen LogP contribution in [0.15, 0.2) is 16.8 Å². The van der Waals surface area contributed by atoms with Crippen molar-refractivity contribution in [2.24, 2.45) is 51.5 Å². The maximum atomic E-state index is 12.2. The molecule has 4 aliphatic carbocycles. The van der Waals surface area contributed by atoms with Crippen LogP contribution in [0.3, 0.4) is 0 Å². The summed E-state index contributed by atoms with van der Waals surface area (Å²) in [5.41, 5.74) is 14.9. The molecule has 0 aliphatic heterocycles. The number of hydrogen-bond acceptors (Lipinski definition) is 4. The summed E-state index contributed by atoms with van der Waals surface area (Å²) in [6.45, 7) is 12.0. The molecule has 4 rings (SSSR count). The topological polar surface area (TPSA) is 116 Å². The van der Waals surface area contributed by atoms with Crippen molar-refractivity contribution >= 4 is 12.0 Å². The molecule has 0 spiro atoms. The van der Waals surface area contributed by atoms with Crippen LogP contribution >= 0.6 is 0 Å². The molecular formula is C30H49N5O3. The summed E-state index contributed by atoms with van der Waals surface area (Å²) in [7, 11) is 0.